The molecule has 4 heterocycles. The Hall–Kier alpha value is -3.32. The molecule has 0 bridgehead atoms. The van der Waals surface area contributed by atoms with Crippen LogP contribution in [0.4, 0.5) is 5.69 Å². The van der Waals surface area contributed by atoms with Gasteiger partial charge in [0.15, 0.2) is 0 Å². The normalized spacial score (nSPS) is 20.8. The number of amides is 3. The Kier molecular flexibility index (Phi) is 5.37. The first kappa shape index (κ1) is 21.5. The van der Waals surface area contributed by atoms with Crippen molar-refractivity contribution >= 4 is 46.1 Å². The number of hydrogen-bond donors (Lipinski definition) is 1. The summed E-state index contributed by atoms with van der Waals surface area (Å²) < 4.78 is 0. The van der Waals surface area contributed by atoms with Crippen LogP contribution in [0.3, 0.4) is 0 Å². The molecule has 170 valence electrons. The minimum atomic E-state index is -0.443. The predicted molar refractivity (Wildman–Crippen MR) is 125 cm³/mol. The Bertz CT molecular complexity index is 1180. The minimum absolute atomic E-state index is 0.122. The van der Waals surface area contributed by atoms with E-state index in [-0.39, 0.29) is 29.7 Å². The summed E-state index contributed by atoms with van der Waals surface area (Å²) in [6.45, 7) is 4.82. The van der Waals surface area contributed by atoms with E-state index in [1.165, 1.54) is 16.7 Å². The van der Waals surface area contributed by atoms with Crippen molar-refractivity contribution in [1.82, 2.24) is 20.1 Å². The Morgan fingerprint density at radius 1 is 1.24 bits per heavy atom. The van der Waals surface area contributed by atoms with E-state index in [1.807, 2.05) is 23.1 Å². The zero-order valence-corrected chi connectivity index (χ0v) is 19.1. The van der Waals surface area contributed by atoms with Crippen LogP contribution in [0.5, 0.6) is 0 Å². The average Bonchev–Trinajstić information content (AvgIpc) is 3.23. The minimum Gasteiger partial charge on any atom is -0.370 e. The molecule has 0 aliphatic carbocycles. The van der Waals surface area contributed by atoms with Gasteiger partial charge >= 0.3 is 0 Å². The standard InChI is InChI=1S/C23H24N6O3S/c1-15(30)27-10-23(11-27)12-28(13-23)16-2-3-20-19(6-16)18(4-5-25-20)22(32)26-8-21(31)29-14-33-9-17(29)7-24/h2-6,17H,8-14H2,1H3,(H,26,32). The zero-order chi connectivity index (χ0) is 23.2. The van der Waals surface area contributed by atoms with Crippen LogP contribution in [-0.2, 0) is 9.59 Å². The van der Waals surface area contributed by atoms with Gasteiger partial charge in [0.05, 0.1) is 29.6 Å². The first-order valence-electron chi connectivity index (χ1n) is 10.8. The van der Waals surface area contributed by atoms with Gasteiger partial charge in [-0.1, -0.05) is 0 Å². The Balaban J connectivity index is 1.27. The molecule has 10 heteroatoms. The number of benzene rings is 1. The first-order chi connectivity index (χ1) is 15.9. The lowest BCUT2D eigenvalue weighted by molar-refractivity contribution is -0.142. The number of pyridine rings is 1. The molecule has 2 aromatic rings. The summed E-state index contributed by atoms with van der Waals surface area (Å²) in [7, 11) is 0. The second-order valence-electron chi connectivity index (χ2n) is 8.98. The van der Waals surface area contributed by atoms with Gasteiger partial charge in [0, 0.05) is 61.5 Å². The predicted octanol–water partition coefficient (Wildman–Crippen LogP) is 1.06. The van der Waals surface area contributed by atoms with Crippen LogP contribution < -0.4 is 10.2 Å². The van der Waals surface area contributed by atoms with Crippen molar-refractivity contribution in [1.29, 1.82) is 5.26 Å². The fraction of sp³-hybridized carbons (Fsp3) is 0.435. The highest BCUT2D eigenvalue weighted by Gasteiger charge is 2.52. The third kappa shape index (κ3) is 3.86. The molecule has 3 saturated heterocycles. The molecule has 1 aromatic heterocycles. The Morgan fingerprint density at radius 2 is 2.03 bits per heavy atom. The highest BCUT2D eigenvalue weighted by Crippen LogP contribution is 2.42. The summed E-state index contributed by atoms with van der Waals surface area (Å²) >= 11 is 1.53. The molecular formula is C23H24N6O3S. The molecule has 0 saturated carbocycles. The summed E-state index contributed by atoms with van der Waals surface area (Å²) in [6.07, 6.45) is 1.59. The van der Waals surface area contributed by atoms with Gasteiger partial charge in [-0.3, -0.25) is 19.4 Å². The van der Waals surface area contributed by atoms with E-state index in [0.717, 1.165) is 37.3 Å². The van der Waals surface area contributed by atoms with E-state index < -0.39 is 6.04 Å². The number of nitrogens with zero attached hydrogens (tertiary/aromatic N) is 5. The van der Waals surface area contributed by atoms with Gasteiger partial charge in [0.25, 0.3) is 5.91 Å². The highest BCUT2D eigenvalue weighted by atomic mass is 32.2. The van der Waals surface area contributed by atoms with E-state index in [4.69, 9.17) is 0 Å². The van der Waals surface area contributed by atoms with Crippen LogP contribution in [0.1, 0.15) is 17.3 Å². The molecule has 1 spiro atoms. The maximum Gasteiger partial charge on any atom is 0.252 e. The number of anilines is 1. The maximum absolute atomic E-state index is 12.9. The van der Waals surface area contributed by atoms with Gasteiger partial charge in [-0.25, -0.2) is 0 Å². The number of hydrogen-bond acceptors (Lipinski definition) is 7. The Labute approximate surface area is 195 Å². The number of nitriles is 1. The molecular weight excluding hydrogens is 440 g/mol. The third-order valence-corrected chi connectivity index (χ3v) is 7.65. The van der Waals surface area contributed by atoms with Crippen LogP contribution in [0.15, 0.2) is 30.5 Å². The molecule has 3 aliphatic rings. The summed E-state index contributed by atoms with van der Waals surface area (Å²) in [5.41, 5.74) is 2.37. The van der Waals surface area contributed by atoms with E-state index >= 15 is 0 Å². The molecule has 0 radical (unpaired) electrons. The summed E-state index contributed by atoms with van der Waals surface area (Å²) in [5.74, 6) is 0.583. The van der Waals surface area contributed by atoms with Crippen LogP contribution in [-0.4, -0.2) is 82.9 Å². The number of aromatic nitrogens is 1. The van der Waals surface area contributed by atoms with Crippen molar-refractivity contribution in [2.75, 3.05) is 49.3 Å². The quantitative estimate of drug-likeness (QED) is 0.720. The Morgan fingerprint density at radius 3 is 2.76 bits per heavy atom. The molecule has 9 nitrogen and oxygen atoms in total. The van der Waals surface area contributed by atoms with Gasteiger partial charge in [0.1, 0.15) is 6.04 Å². The van der Waals surface area contributed by atoms with Crippen molar-refractivity contribution in [2.45, 2.75) is 13.0 Å². The van der Waals surface area contributed by atoms with Crippen molar-refractivity contribution in [2.24, 2.45) is 5.41 Å². The first-order valence-corrected chi connectivity index (χ1v) is 12.0. The maximum atomic E-state index is 12.9. The molecule has 1 N–H and O–H groups in total. The fourth-order valence-corrected chi connectivity index (χ4v) is 5.91. The van der Waals surface area contributed by atoms with Crippen molar-refractivity contribution in [3.8, 4) is 6.07 Å². The molecule has 3 aliphatic heterocycles. The lowest BCUT2D eigenvalue weighted by Gasteiger charge is -2.60. The number of nitrogens with one attached hydrogen (secondary N) is 1. The number of rotatable bonds is 4. The van der Waals surface area contributed by atoms with Gasteiger partial charge in [-0.15, -0.1) is 11.8 Å². The molecule has 1 unspecified atom stereocenters. The second-order valence-corrected chi connectivity index (χ2v) is 9.98. The van der Waals surface area contributed by atoms with Crippen LogP contribution in [0.2, 0.25) is 0 Å². The van der Waals surface area contributed by atoms with Crippen LogP contribution >= 0.6 is 11.8 Å². The van der Waals surface area contributed by atoms with Gasteiger partial charge in [0.2, 0.25) is 11.8 Å². The monoisotopic (exact) mass is 464 g/mol. The summed E-state index contributed by atoms with van der Waals surface area (Å²) in [6, 6.07) is 9.21. The number of fused-ring (bicyclic) bond motifs is 1. The lowest BCUT2D eigenvalue weighted by Crippen LogP contribution is -2.72. The molecule has 1 atom stereocenters. The van der Waals surface area contributed by atoms with Crippen LogP contribution in [0.25, 0.3) is 10.9 Å². The van der Waals surface area contributed by atoms with Crippen molar-refractivity contribution in [3.05, 3.63) is 36.0 Å². The van der Waals surface area contributed by atoms with E-state index in [9.17, 15) is 19.6 Å². The smallest absolute Gasteiger partial charge is 0.252 e. The topological polar surface area (TPSA) is 110 Å². The molecule has 3 amide bonds. The van der Waals surface area contributed by atoms with Crippen LogP contribution in [0, 0.1) is 16.7 Å². The summed E-state index contributed by atoms with van der Waals surface area (Å²) in [5, 5.41) is 12.6. The van der Waals surface area contributed by atoms with Crippen molar-refractivity contribution in [3.63, 3.8) is 0 Å². The largest absolute Gasteiger partial charge is 0.370 e. The number of carbonyl (C=O) groups is 3. The summed E-state index contributed by atoms with van der Waals surface area (Å²) in [4.78, 5) is 46.9. The third-order valence-electron chi connectivity index (χ3n) is 6.64. The number of carbonyl (C=O) groups excluding carboxylic acids is 3. The van der Waals surface area contributed by atoms with E-state index in [1.54, 1.807) is 19.2 Å². The zero-order valence-electron chi connectivity index (χ0n) is 18.3. The fourth-order valence-electron chi connectivity index (χ4n) is 4.81. The molecule has 5 rings (SSSR count). The van der Waals surface area contributed by atoms with Gasteiger partial charge in [-0.05, 0) is 24.3 Å². The average molecular weight is 465 g/mol. The number of thioether (sulfide) groups is 1. The molecule has 1 aromatic carbocycles. The van der Waals surface area contributed by atoms with Gasteiger partial charge < -0.3 is 20.0 Å². The number of likely N-dealkylation sites (tertiary alicyclic amines) is 1. The molecule has 33 heavy (non-hydrogen) atoms. The van der Waals surface area contributed by atoms with Crippen molar-refractivity contribution < 1.29 is 14.4 Å². The second kappa shape index (κ2) is 8.23. The molecule has 3 fully saturated rings. The lowest BCUT2D eigenvalue weighted by atomic mass is 9.72. The van der Waals surface area contributed by atoms with Gasteiger partial charge in [-0.2, -0.15) is 5.26 Å². The SMILES string of the molecule is CC(=O)N1CC2(C1)CN(c1ccc3nccc(C(=O)NCC(=O)N4CSCC4C#N)c3c1)C2. The van der Waals surface area contributed by atoms with E-state index in [2.05, 4.69) is 21.3 Å². The highest BCUT2D eigenvalue weighted by molar-refractivity contribution is 7.99. The van der Waals surface area contributed by atoms with E-state index in [0.29, 0.717) is 22.7 Å².